The summed E-state index contributed by atoms with van der Waals surface area (Å²) in [6, 6.07) is 10.2. The van der Waals surface area contributed by atoms with Crippen molar-refractivity contribution >= 4 is 40.6 Å². The highest BCUT2D eigenvalue weighted by Crippen LogP contribution is 2.33. The van der Waals surface area contributed by atoms with E-state index in [0.717, 1.165) is 3.57 Å². The average Bonchev–Trinajstić information content (AvgIpc) is 2.76. The van der Waals surface area contributed by atoms with Crippen LogP contribution in [0.5, 0.6) is 17.2 Å². The van der Waals surface area contributed by atoms with Gasteiger partial charge in [-0.15, -0.1) is 6.42 Å². The van der Waals surface area contributed by atoms with Gasteiger partial charge in [0, 0.05) is 0 Å². The van der Waals surface area contributed by atoms with Crippen molar-refractivity contribution < 1.29 is 23.8 Å². The van der Waals surface area contributed by atoms with Gasteiger partial charge >= 0.3 is 0 Å². The summed E-state index contributed by atoms with van der Waals surface area (Å²) in [7, 11) is 2.98. The number of ether oxygens (including phenoxy) is 3. The quantitative estimate of drug-likeness (QED) is 0.228. The van der Waals surface area contributed by atoms with Crippen LogP contribution in [0.1, 0.15) is 15.9 Å². The molecule has 8 nitrogen and oxygen atoms in total. The molecule has 2 rings (SSSR count). The van der Waals surface area contributed by atoms with E-state index in [1.54, 1.807) is 36.4 Å². The molecule has 0 radical (unpaired) electrons. The number of para-hydroxylation sites is 1. The Morgan fingerprint density at radius 2 is 1.93 bits per heavy atom. The normalized spacial score (nSPS) is 10.2. The smallest absolute Gasteiger partial charge is 0.259 e. The second kappa shape index (κ2) is 11.7. The van der Waals surface area contributed by atoms with Crippen molar-refractivity contribution in [2.75, 3.05) is 27.4 Å². The number of hydrogen-bond donors (Lipinski definition) is 2. The van der Waals surface area contributed by atoms with Gasteiger partial charge in [0.2, 0.25) is 0 Å². The van der Waals surface area contributed by atoms with Crippen LogP contribution < -0.4 is 25.0 Å². The first kappa shape index (κ1) is 23.0. The predicted octanol–water partition coefficient (Wildman–Crippen LogP) is 2.20. The molecule has 0 aliphatic heterocycles. The molecule has 0 aliphatic rings. The van der Waals surface area contributed by atoms with E-state index in [4.69, 9.17) is 20.6 Å². The van der Waals surface area contributed by atoms with Gasteiger partial charge in [-0.25, -0.2) is 5.43 Å². The van der Waals surface area contributed by atoms with Crippen LogP contribution in [-0.4, -0.2) is 45.4 Å². The van der Waals surface area contributed by atoms with Crippen LogP contribution in [0.15, 0.2) is 41.5 Å². The molecule has 0 fully saturated rings. The van der Waals surface area contributed by atoms with Crippen LogP contribution in [0, 0.1) is 15.9 Å². The standard InChI is InChI=1S/C21H20IN3O5/c1-4-9-30-20-16(22)10-14(11-18(20)29-3)12-24-25-19(26)13-23-21(27)15-7-5-6-8-17(15)28-2/h1,5-8,10-12H,9,13H2,2-3H3,(H,23,27)(H,25,26). The Morgan fingerprint density at radius 3 is 2.63 bits per heavy atom. The number of rotatable bonds is 9. The molecular formula is C21H20IN3O5. The third-order valence-corrected chi connectivity index (χ3v) is 4.52. The van der Waals surface area contributed by atoms with Gasteiger partial charge in [-0.3, -0.25) is 9.59 Å². The largest absolute Gasteiger partial charge is 0.496 e. The van der Waals surface area contributed by atoms with E-state index in [-0.39, 0.29) is 13.2 Å². The molecule has 2 aromatic carbocycles. The lowest BCUT2D eigenvalue weighted by molar-refractivity contribution is -0.120. The Hall–Kier alpha value is -3.26. The molecule has 2 amide bonds. The summed E-state index contributed by atoms with van der Waals surface area (Å²) in [6.07, 6.45) is 6.67. The molecule has 0 bridgehead atoms. The molecule has 2 N–H and O–H groups in total. The number of methoxy groups -OCH3 is 2. The highest BCUT2D eigenvalue weighted by Gasteiger charge is 2.13. The summed E-state index contributed by atoms with van der Waals surface area (Å²) in [5.41, 5.74) is 3.38. The Labute approximate surface area is 188 Å². The third kappa shape index (κ3) is 6.38. The van der Waals surface area contributed by atoms with Gasteiger partial charge in [-0.1, -0.05) is 18.1 Å². The first-order valence-corrected chi connectivity index (χ1v) is 9.75. The molecule has 0 saturated heterocycles. The number of nitrogens with one attached hydrogen (secondary N) is 2. The van der Waals surface area contributed by atoms with E-state index >= 15 is 0 Å². The van der Waals surface area contributed by atoms with Crippen molar-refractivity contribution in [1.82, 2.24) is 10.7 Å². The monoisotopic (exact) mass is 521 g/mol. The fourth-order valence-corrected chi connectivity index (χ4v) is 3.16. The van der Waals surface area contributed by atoms with Crippen molar-refractivity contribution in [2.45, 2.75) is 0 Å². The first-order valence-electron chi connectivity index (χ1n) is 8.67. The zero-order chi connectivity index (χ0) is 21.9. The maximum Gasteiger partial charge on any atom is 0.259 e. The van der Waals surface area contributed by atoms with Crippen molar-refractivity contribution in [3.05, 3.63) is 51.1 Å². The number of carbonyl (C=O) groups is 2. The number of nitrogens with zero attached hydrogens (tertiary/aromatic N) is 1. The number of benzene rings is 2. The molecule has 2 aromatic rings. The lowest BCUT2D eigenvalue weighted by Crippen LogP contribution is -2.35. The number of amides is 2. The SMILES string of the molecule is C#CCOc1c(I)cc(C=NNC(=O)CNC(=O)c2ccccc2OC)cc1OC. The van der Waals surface area contributed by atoms with E-state index in [2.05, 4.69) is 44.4 Å². The summed E-state index contributed by atoms with van der Waals surface area (Å²) < 4.78 is 16.7. The van der Waals surface area contributed by atoms with Crippen molar-refractivity contribution in [1.29, 1.82) is 0 Å². The predicted molar refractivity (Wildman–Crippen MR) is 121 cm³/mol. The fourth-order valence-electron chi connectivity index (χ4n) is 2.37. The molecule has 0 saturated carbocycles. The number of halogens is 1. The lowest BCUT2D eigenvalue weighted by atomic mass is 10.2. The minimum absolute atomic E-state index is 0.121. The van der Waals surface area contributed by atoms with E-state index in [1.807, 2.05) is 0 Å². The maximum absolute atomic E-state index is 12.2. The molecule has 156 valence electrons. The first-order chi connectivity index (χ1) is 14.5. The second-order valence-electron chi connectivity index (χ2n) is 5.70. The Bertz CT molecular complexity index is 985. The van der Waals surface area contributed by atoms with Gasteiger partial charge in [-0.05, 0) is 52.4 Å². The minimum Gasteiger partial charge on any atom is -0.496 e. The molecule has 0 atom stereocenters. The van der Waals surface area contributed by atoms with Gasteiger partial charge < -0.3 is 19.5 Å². The number of hydrazone groups is 1. The molecule has 0 heterocycles. The average molecular weight is 521 g/mol. The molecular weight excluding hydrogens is 501 g/mol. The van der Waals surface area contributed by atoms with Gasteiger partial charge in [0.15, 0.2) is 11.5 Å². The number of hydrogen-bond acceptors (Lipinski definition) is 6. The van der Waals surface area contributed by atoms with Crippen molar-refractivity contribution in [3.63, 3.8) is 0 Å². The van der Waals surface area contributed by atoms with Gasteiger partial charge in [0.25, 0.3) is 11.8 Å². The molecule has 30 heavy (non-hydrogen) atoms. The maximum atomic E-state index is 12.2. The molecule has 0 aromatic heterocycles. The van der Waals surface area contributed by atoms with E-state index in [1.165, 1.54) is 20.4 Å². The molecule has 0 unspecified atom stereocenters. The zero-order valence-corrected chi connectivity index (χ0v) is 18.6. The number of terminal acetylenes is 1. The van der Waals surface area contributed by atoms with Crippen LogP contribution in [0.25, 0.3) is 0 Å². The van der Waals surface area contributed by atoms with Crippen LogP contribution in [-0.2, 0) is 4.79 Å². The van der Waals surface area contributed by atoms with E-state index in [0.29, 0.717) is 28.4 Å². The van der Waals surface area contributed by atoms with Crippen LogP contribution in [0.2, 0.25) is 0 Å². The molecule has 9 heteroatoms. The van der Waals surface area contributed by atoms with Gasteiger partial charge in [0.1, 0.15) is 12.4 Å². The molecule has 0 spiro atoms. The minimum atomic E-state index is -0.481. The highest BCUT2D eigenvalue weighted by molar-refractivity contribution is 14.1. The summed E-state index contributed by atoms with van der Waals surface area (Å²) in [6.45, 7) is -0.121. The van der Waals surface area contributed by atoms with Crippen LogP contribution in [0.4, 0.5) is 0 Å². The van der Waals surface area contributed by atoms with E-state index < -0.39 is 11.8 Å². The summed E-state index contributed by atoms with van der Waals surface area (Å²) in [5, 5.41) is 6.42. The van der Waals surface area contributed by atoms with Crippen molar-refractivity contribution in [3.8, 4) is 29.6 Å². The van der Waals surface area contributed by atoms with Gasteiger partial charge in [0.05, 0.1) is 36.1 Å². The van der Waals surface area contributed by atoms with Crippen LogP contribution in [0.3, 0.4) is 0 Å². The fraction of sp³-hybridized carbons (Fsp3) is 0.190. The summed E-state index contributed by atoms with van der Waals surface area (Å²) >= 11 is 2.09. The Balaban J connectivity index is 1.93. The lowest BCUT2D eigenvalue weighted by Gasteiger charge is -2.11. The van der Waals surface area contributed by atoms with Crippen LogP contribution >= 0.6 is 22.6 Å². The van der Waals surface area contributed by atoms with Gasteiger partial charge in [-0.2, -0.15) is 5.10 Å². The highest BCUT2D eigenvalue weighted by atomic mass is 127. The Kier molecular flexibility index (Phi) is 8.96. The summed E-state index contributed by atoms with van der Waals surface area (Å²) in [4.78, 5) is 24.1. The zero-order valence-electron chi connectivity index (χ0n) is 16.4. The van der Waals surface area contributed by atoms with E-state index in [9.17, 15) is 9.59 Å². The topological polar surface area (TPSA) is 98.2 Å². The Morgan fingerprint density at radius 1 is 1.20 bits per heavy atom. The summed E-state index contributed by atoms with van der Waals surface area (Å²) in [5.74, 6) is 2.95. The number of carbonyl (C=O) groups excluding carboxylic acids is 2. The second-order valence-corrected chi connectivity index (χ2v) is 6.87. The molecule has 0 aliphatic carbocycles. The third-order valence-electron chi connectivity index (χ3n) is 3.72. The van der Waals surface area contributed by atoms with Crippen molar-refractivity contribution in [2.24, 2.45) is 5.10 Å².